The zero-order chi connectivity index (χ0) is 12.5. The van der Waals surface area contributed by atoms with Crippen LogP contribution in [0, 0.1) is 5.82 Å². The van der Waals surface area contributed by atoms with Gasteiger partial charge in [-0.05, 0) is 6.07 Å². The Bertz CT molecular complexity index is 656. The van der Waals surface area contributed by atoms with E-state index in [2.05, 4.69) is 15.3 Å². The molecule has 0 aliphatic carbocycles. The van der Waals surface area contributed by atoms with Crippen LogP contribution in [0.15, 0.2) is 29.3 Å². The highest BCUT2D eigenvalue weighted by Gasteiger charge is 2.14. The first-order chi connectivity index (χ1) is 8.74. The number of halogens is 1. The summed E-state index contributed by atoms with van der Waals surface area (Å²) >= 11 is 0. The highest BCUT2D eigenvalue weighted by Crippen LogP contribution is 2.23. The fraction of sp³-hybridized carbons (Fsp3) is 0.182. The maximum Gasteiger partial charge on any atom is 0.257 e. The summed E-state index contributed by atoms with van der Waals surface area (Å²) in [6.07, 6.45) is 2.51. The monoisotopic (exact) mass is 248 g/mol. The SMILES string of the molecule is O=c1ccc(F)cn1-c1ncc2c(n1)NCCO2. The number of nitrogens with one attached hydrogen (secondary N) is 1. The molecule has 0 aromatic carbocycles. The molecule has 18 heavy (non-hydrogen) atoms. The summed E-state index contributed by atoms with van der Waals surface area (Å²) in [6, 6.07) is 2.22. The van der Waals surface area contributed by atoms with Crippen molar-refractivity contribution in [3.63, 3.8) is 0 Å². The molecule has 0 bridgehead atoms. The lowest BCUT2D eigenvalue weighted by Crippen LogP contribution is -2.23. The van der Waals surface area contributed by atoms with Crippen molar-refractivity contribution in [3.05, 3.63) is 40.7 Å². The normalized spacial score (nSPS) is 13.4. The van der Waals surface area contributed by atoms with Crippen molar-refractivity contribution in [2.24, 2.45) is 0 Å². The Morgan fingerprint density at radius 1 is 1.44 bits per heavy atom. The molecule has 0 unspecified atom stereocenters. The van der Waals surface area contributed by atoms with Crippen LogP contribution in [0.5, 0.6) is 5.75 Å². The highest BCUT2D eigenvalue weighted by molar-refractivity contribution is 5.51. The molecule has 2 aromatic heterocycles. The Balaban J connectivity index is 2.12. The van der Waals surface area contributed by atoms with Crippen molar-refractivity contribution in [3.8, 4) is 11.7 Å². The Labute approximate surface area is 101 Å². The van der Waals surface area contributed by atoms with Gasteiger partial charge < -0.3 is 10.1 Å². The molecule has 3 rings (SSSR count). The molecule has 92 valence electrons. The molecule has 0 spiro atoms. The molecule has 2 aromatic rings. The molecule has 1 aliphatic heterocycles. The maximum atomic E-state index is 13.1. The first-order valence-corrected chi connectivity index (χ1v) is 5.36. The van der Waals surface area contributed by atoms with Crippen molar-refractivity contribution < 1.29 is 9.13 Å². The third-order valence-electron chi connectivity index (χ3n) is 2.49. The van der Waals surface area contributed by atoms with Crippen molar-refractivity contribution >= 4 is 5.82 Å². The molecule has 0 atom stereocenters. The lowest BCUT2D eigenvalue weighted by molar-refractivity contribution is 0.319. The summed E-state index contributed by atoms with van der Waals surface area (Å²) in [7, 11) is 0. The van der Waals surface area contributed by atoms with E-state index in [1.807, 2.05) is 0 Å². The topological polar surface area (TPSA) is 69.0 Å². The number of aromatic nitrogens is 3. The second kappa shape index (κ2) is 4.10. The fourth-order valence-electron chi connectivity index (χ4n) is 1.66. The number of hydrogen-bond acceptors (Lipinski definition) is 5. The summed E-state index contributed by atoms with van der Waals surface area (Å²) in [5.41, 5.74) is -0.395. The van der Waals surface area contributed by atoms with Crippen LogP contribution in [0.1, 0.15) is 0 Å². The summed E-state index contributed by atoms with van der Waals surface area (Å²) in [4.78, 5) is 19.7. The molecule has 7 heteroatoms. The van der Waals surface area contributed by atoms with Crippen LogP contribution in [0.2, 0.25) is 0 Å². The van der Waals surface area contributed by atoms with Crippen molar-refractivity contribution in [2.45, 2.75) is 0 Å². The van der Waals surface area contributed by atoms with Crippen LogP contribution in [0.4, 0.5) is 10.2 Å². The molecule has 0 fully saturated rings. The molecular weight excluding hydrogens is 239 g/mol. The Morgan fingerprint density at radius 2 is 2.33 bits per heavy atom. The van der Waals surface area contributed by atoms with Crippen molar-refractivity contribution in [1.82, 2.24) is 14.5 Å². The van der Waals surface area contributed by atoms with Gasteiger partial charge in [-0.1, -0.05) is 0 Å². The van der Waals surface area contributed by atoms with Gasteiger partial charge in [0.1, 0.15) is 12.4 Å². The quantitative estimate of drug-likeness (QED) is 0.799. The van der Waals surface area contributed by atoms with Gasteiger partial charge >= 0.3 is 0 Å². The van der Waals surface area contributed by atoms with E-state index in [-0.39, 0.29) is 5.95 Å². The molecule has 6 nitrogen and oxygen atoms in total. The van der Waals surface area contributed by atoms with E-state index in [4.69, 9.17) is 4.74 Å². The lowest BCUT2D eigenvalue weighted by atomic mass is 10.4. The predicted molar refractivity (Wildman–Crippen MR) is 61.6 cm³/mol. The molecule has 1 N–H and O–H groups in total. The molecular formula is C11H9FN4O2. The Morgan fingerprint density at radius 3 is 3.22 bits per heavy atom. The lowest BCUT2D eigenvalue weighted by Gasteiger charge is -2.17. The third-order valence-corrected chi connectivity index (χ3v) is 2.49. The fourth-order valence-corrected chi connectivity index (χ4v) is 1.66. The number of hydrogen-bond donors (Lipinski definition) is 1. The van der Waals surface area contributed by atoms with Gasteiger partial charge in [0.05, 0.1) is 18.9 Å². The summed E-state index contributed by atoms with van der Waals surface area (Å²) in [5.74, 6) is 0.605. The van der Waals surface area contributed by atoms with Crippen LogP contribution < -0.4 is 15.6 Å². The Hall–Kier alpha value is -2.44. The standard InChI is InChI=1S/C11H9FN4O2/c12-7-1-2-9(17)16(6-7)11-14-5-8-10(15-11)13-3-4-18-8/h1-2,5-6H,3-4H2,(H,13,14,15). The van der Waals surface area contributed by atoms with Gasteiger partial charge in [0.2, 0.25) is 5.95 Å². The number of fused-ring (bicyclic) bond motifs is 1. The number of anilines is 1. The maximum absolute atomic E-state index is 13.1. The van der Waals surface area contributed by atoms with Gasteiger partial charge in [0.15, 0.2) is 11.6 Å². The van der Waals surface area contributed by atoms with E-state index in [1.54, 1.807) is 0 Å². The van der Waals surface area contributed by atoms with Gasteiger partial charge in [0, 0.05) is 6.07 Å². The van der Waals surface area contributed by atoms with Gasteiger partial charge in [-0.25, -0.2) is 13.9 Å². The molecule has 0 radical (unpaired) electrons. The summed E-state index contributed by atoms with van der Waals surface area (Å²) in [6.45, 7) is 1.16. The average molecular weight is 248 g/mol. The molecule has 1 aliphatic rings. The van der Waals surface area contributed by atoms with Gasteiger partial charge in [0.25, 0.3) is 5.56 Å². The smallest absolute Gasteiger partial charge is 0.257 e. The summed E-state index contributed by atoms with van der Waals surface area (Å²) < 4.78 is 19.5. The van der Waals surface area contributed by atoms with Crippen molar-refractivity contribution in [2.75, 3.05) is 18.5 Å². The number of pyridine rings is 1. The van der Waals surface area contributed by atoms with Crippen LogP contribution in [-0.4, -0.2) is 27.7 Å². The molecule has 0 saturated heterocycles. The minimum absolute atomic E-state index is 0.108. The van der Waals surface area contributed by atoms with Gasteiger partial charge in [-0.2, -0.15) is 4.98 Å². The van der Waals surface area contributed by atoms with E-state index >= 15 is 0 Å². The van der Waals surface area contributed by atoms with E-state index in [1.165, 1.54) is 6.20 Å². The zero-order valence-electron chi connectivity index (χ0n) is 9.26. The molecule has 3 heterocycles. The second-order valence-corrected chi connectivity index (χ2v) is 3.71. The second-order valence-electron chi connectivity index (χ2n) is 3.71. The van der Waals surface area contributed by atoms with Crippen LogP contribution in [-0.2, 0) is 0 Å². The van der Waals surface area contributed by atoms with E-state index < -0.39 is 11.4 Å². The van der Waals surface area contributed by atoms with Crippen molar-refractivity contribution in [1.29, 1.82) is 0 Å². The number of ether oxygens (including phenoxy) is 1. The molecule has 0 saturated carbocycles. The number of nitrogens with zero attached hydrogens (tertiary/aromatic N) is 3. The van der Waals surface area contributed by atoms with Crippen LogP contribution in [0.25, 0.3) is 5.95 Å². The van der Waals surface area contributed by atoms with Gasteiger partial charge in [-0.3, -0.25) is 4.79 Å². The largest absolute Gasteiger partial charge is 0.486 e. The van der Waals surface area contributed by atoms with Gasteiger partial charge in [-0.15, -0.1) is 0 Å². The van der Waals surface area contributed by atoms with E-state index in [0.29, 0.717) is 24.7 Å². The third kappa shape index (κ3) is 1.79. The first kappa shape index (κ1) is 10.7. The summed E-state index contributed by atoms with van der Waals surface area (Å²) in [5, 5.41) is 3.02. The van der Waals surface area contributed by atoms with E-state index in [9.17, 15) is 9.18 Å². The Kier molecular flexibility index (Phi) is 2.44. The minimum atomic E-state index is -0.528. The predicted octanol–water partition coefficient (Wildman–Crippen LogP) is 0.571. The first-order valence-electron chi connectivity index (χ1n) is 5.36. The zero-order valence-corrected chi connectivity index (χ0v) is 9.26. The molecule has 0 amide bonds. The van der Waals surface area contributed by atoms with E-state index in [0.717, 1.165) is 22.9 Å². The van der Waals surface area contributed by atoms with Crippen LogP contribution >= 0.6 is 0 Å². The average Bonchev–Trinajstić information content (AvgIpc) is 2.41. The minimum Gasteiger partial charge on any atom is -0.486 e. The highest BCUT2D eigenvalue weighted by atomic mass is 19.1. The van der Waals surface area contributed by atoms with Crippen LogP contribution in [0.3, 0.4) is 0 Å². The number of rotatable bonds is 1.